The lowest BCUT2D eigenvalue weighted by Gasteiger charge is -2.06. The van der Waals surface area contributed by atoms with Crippen molar-refractivity contribution in [3.8, 4) is 0 Å². The second kappa shape index (κ2) is 6.71. The van der Waals surface area contributed by atoms with E-state index in [0.717, 1.165) is 4.90 Å². The summed E-state index contributed by atoms with van der Waals surface area (Å²) in [5.74, 6) is -0.0318. The number of rotatable bonds is 5. The zero-order valence-electron chi connectivity index (χ0n) is 10.9. The fourth-order valence-electron chi connectivity index (χ4n) is 1.53. The number of hydrogen-bond donors (Lipinski definition) is 2. The Morgan fingerprint density at radius 3 is 2.67 bits per heavy atom. The summed E-state index contributed by atoms with van der Waals surface area (Å²) in [6.45, 7) is 0. The van der Waals surface area contributed by atoms with Crippen LogP contribution < -0.4 is 11.1 Å². The predicted octanol–water partition coefficient (Wildman–Crippen LogP) is 2.30. The van der Waals surface area contributed by atoms with Crippen LogP contribution in [0.2, 0.25) is 0 Å². The van der Waals surface area contributed by atoms with Gasteiger partial charge in [0, 0.05) is 28.9 Å². The monoisotopic (exact) mass is 304 g/mol. The van der Waals surface area contributed by atoms with Crippen LogP contribution in [0.5, 0.6) is 0 Å². The number of nitro benzene ring substituents is 1. The molecule has 0 fully saturated rings. The van der Waals surface area contributed by atoms with Crippen LogP contribution in [0.4, 0.5) is 17.1 Å². The second-order valence-corrected chi connectivity index (χ2v) is 5.07. The number of nitrogens with zero attached hydrogens (tertiary/aromatic N) is 2. The molecule has 2 aromatic rings. The maximum Gasteiger partial charge on any atom is 0.269 e. The van der Waals surface area contributed by atoms with Crippen LogP contribution in [-0.4, -0.2) is 21.6 Å². The van der Waals surface area contributed by atoms with E-state index in [1.165, 1.54) is 42.2 Å². The number of anilines is 2. The smallest absolute Gasteiger partial charge is 0.269 e. The Bertz CT molecular complexity index is 661. The first kappa shape index (κ1) is 14.8. The molecule has 0 saturated heterocycles. The van der Waals surface area contributed by atoms with Crippen molar-refractivity contribution in [3.63, 3.8) is 0 Å². The third kappa shape index (κ3) is 4.18. The molecular formula is C13H12N4O3S. The van der Waals surface area contributed by atoms with Crippen molar-refractivity contribution in [3.05, 3.63) is 52.8 Å². The van der Waals surface area contributed by atoms with E-state index >= 15 is 0 Å². The van der Waals surface area contributed by atoms with Gasteiger partial charge in [-0.15, -0.1) is 11.8 Å². The van der Waals surface area contributed by atoms with Crippen LogP contribution in [0.25, 0.3) is 0 Å². The number of carbonyl (C=O) groups excluding carboxylic acids is 1. The maximum atomic E-state index is 11.8. The second-order valence-electron chi connectivity index (χ2n) is 4.05. The Morgan fingerprint density at radius 2 is 2.05 bits per heavy atom. The van der Waals surface area contributed by atoms with Gasteiger partial charge in [0.15, 0.2) is 0 Å². The Morgan fingerprint density at radius 1 is 1.33 bits per heavy atom. The largest absolute Gasteiger partial charge is 0.397 e. The van der Waals surface area contributed by atoms with Gasteiger partial charge in [-0.2, -0.15) is 0 Å². The molecular weight excluding hydrogens is 292 g/mol. The van der Waals surface area contributed by atoms with Gasteiger partial charge < -0.3 is 11.1 Å². The molecule has 1 aromatic carbocycles. The third-order valence-corrected chi connectivity index (χ3v) is 3.62. The van der Waals surface area contributed by atoms with E-state index in [1.54, 1.807) is 12.3 Å². The molecule has 0 spiro atoms. The van der Waals surface area contributed by atoms with Crippen LogP contribution in [0.3, 0.4) is 0 Å². The average molecular weight is 304 g/mol. The minimum absolute atomic E-state index is 0.0214. The third-order valence-electron chi connectivity index (χ3n) is 2.53. The minimum atomic E-state index is -0.492. The van der Waals surface area contributed by atoms with E-state index in [0.29, 0.717) is 11.4 Å². The highest BCUT2D eigenvalue weighted by atomic mass is 32.2. The molecule has 0 radical (unpaired) electrons. The Hall–Kier alpha value is -2.61. The van der Waals surface area contributed by atoms with E-state index in [9.17, 15) is 14.9 Å². The number of amides is 1. The molecule has 8 heteroatoms. The van der Waals surface area contributed by atoms with Gasteiger partial charge in [-0.3, -0.25) is 19.9 Å². The molecule has 108 valence electrons. The summed E-state index contributed by atoms with van der Waals surface area (Å²) in [6, 6.07) is 7.38. The molecule has 0 bridgehead atoms. The number of nitrogen functional groups attached to an aromatic ring is 1. The number of hydrogen-bond acceptors (Lipinski definition) is 6. The van der Waals surface area contributed by atoms with Crippen molar-refractivity contribution in [2.45, 2.75) is 4.90 Å². The first-order valence-electron chi connectivity index (χ1n) is 5.93. The first-order chi connectivity index (χ1) is 10.1. The van der Waals surface area contributed by atoms with Crippen molar-refractivity contribution in [1.29, 1.82) is 0 Å². The van der Waals surface area contributed by atoms with Crippen molar-refractivity contribution in [2.75, 3.05) is 16.8 Å². The molecule has 21 heavy (non-hydrogen) atoms. The number of carbonyl (C=O) groups is 1. The summed E-state index contributed by atoms with van der Waals surface area (Å²) < 4.78 is 0. The zero-order valence-corrected chi connectivity index (χ0v) is 11.7. The van der Waals surface area contributed by atoms with Gasteiger partial charge in [0.05, 0.1) is 22.6 Å². The molecule has 1 heterocycles. The van der Waals surface area contributed by atoms with E-state index < -0.39 is 4.92 Å². The van der Waals surface area contributed by atoms with Crippen molar-refractivity contribution in [1.82, 2.24) is 4.98 Å². The van der Waals surface area contributed by atoms with Crippen molar-refractivity contribution in [2.24, 2.45) is 0 Å². The number of non-ortho nitro benzene ring substituents is 1. The average Bonchev–Trinajstić information content (AvgIpc) is 2.47. The predicted molar refractivity (Wildman–Crippen MR) is 81.1 cm³/mol. The van der Waals surface area contributed by atoms with Crippen LogP contribution in [0, 0.1) is 10.1 Å². The van der Waals surface area contributed by atoms with Gasteiger partial charge in [-0.1, -0.05) is 0 Å². The van der Waals surface area contributed by atoms with E-state index in [4.69, 9.17) is 5.73 Å². The molecule has 1 amide bonds. The molecule has 0 saturated carbocycles. The van der Waals surface area contributed by atoms with Crippen LogP contribution in [-0.2, 0) is 4.79 Å². The number of nitrogens with two attached hydrogens (primary N) is 1. The van der Waals surface area contributed by atoms with Crippen molar-refractivity contribution >= 4 is 34.7 Å². The lowest BCUT2D eigenvalue weighted by atomic mass is 10.3. The van der Waals surface area contributed by atoms with E-state index in [-0.39, 0.29) is 17.3 Å². The molecule has 0 aliphatic carbocycles. The first-order valence-corrected chi connectivity index (χ1v) is 6.91. The van der Waals surface area contributed by atoms with E-state index in [1.807, 2.05) is 0 Å². The minimum Gasteiger partial charge on any atom is -0.397 e. The number of nitrogens with one attached hydrogen (secondary N) is 1. The number of benzene rings is 1. The van der Waals surface area contributed by atoms with Gasteiger partial charge in [0.1, 0.15) is 0 Å². The lowest BCUT2D eigenvalue weighted by molar-refractivity contribution is -0.384. The van der Waals surface area contributed by atoms with Crippen LogP contribution in [0.15, 0.2) is 47.6 Å². The topological polar surface area (TPSA) is 111 Å². The lowest BCUT2D eigenvalue weighted by Crippen LogP contribution is -2.14. The normalized spacial score (nSPS) is 10.1. The highest BCUT2D eigenvalue weighted by molar-refractivity contribution is 8.00. The molecule has 1 aromatic heterocycles. The summed E-state index contributed by atoms with van der Waals surface area (Å²) in [4.78, 5) is 26.5. The zero-order chi connectivity index (χ0) is 15.2. The Labute approximate surface area is 124 Å². The number of thioether (sulfide) groups is 1. The van der Waals surface area contributed by atoms with Crippen LogP contribution in [0.1, 0.15) is 0 Å². The Kier molecular flexibility index (Phi) is 4.72. The molecule has 0 aliphatic heterocycles. The fourth-order valence-corrected chi connectivity index (χ4v) is 2.27. The molecule has 2 rings (SSSR count). The SMILES string of the molecule is Nc1cnccc1SCC(=O)Nc1ccc([N+](=O)[O-])cc1. The summed E-state index contributed by atoms with van der Waals surface area (Å²) in [5, 5.41) is 13.2. The number of aromatic nitrogens is 1. The quantitative estimate of drug-likeness (QED) is 0.498. The molecule has 0 unspecified atom stereocenters. The number of pyridine rings is 1. The maximum absolute atomic E-state index is 11.8. The molecule has 0 atom stereocenters. The van der Waals surface area contributed by atoms with E-state index in [2.05, 4.69) is 10.3 Å². The van der Waals surface area contributed by atoms with Crippen molar-refractivity contribution < 1.29 is 9.72 Å². The summed E-state index contributed by atoms with van der Waals surface area (Å²) in [7, 11) is 0. The molecule has 7 nitrogen and oxygen atoms in total. The highest BCUT2D eigenvalue weighted by Crippen LogP contribution is 2.23. The van der Waals surface area contributed by atoms with Gasteiger partial charge >= 0.3 is 0 Å². The van der Waals surface area contributed by atoms with Crippen LogP contribution >= 0.6 is 11.8 Å². The summed E-state index contributed by atoms with van der Waals surface area (Å²) >= 11 is 1.30. The number of nitro groups is 1. The fraction of sp³-hybridized carbons (Fsp3) is 0.0769. The highest BCUT2D eigenvalue weighted by Gasteiger charge is 2.08. The van der Waals surface area contributed by atoms with Gasteiger partial charge in [-0.25, -0.2) is 0 Å². The summed E-state index contributed by atoms with van der Waals surface area (Å²) in [5.41, 5.74) is 6.73. The van der Waals surface area contributed by atoms with Gasteiger partial charge in [0.25, 0.3) is 5.69 Å². The standard InChI is InChI=1S/C13H12N4O3S/c14-11-7-15-6-5-12(11)21-8-13(18)16-9-1-3-10(4-2-9)17(19)20/h1-7H,8,14H2,(H,16,18). The molecule has 3 N–H and O–H groups in total. The van der Waals surface area contributed by atoms with Gasteiger partial charge in [-0.05, 0) is 18.2 Å². The van der Waals surface area contributed by atoms with Gasteiger partial charge in [0.2, 0.25) is 5.91 Å². The Balaban J connectivity index is 1.90. The summed E-state index contributed by atoms with van der Waals surface area (Å²) in [6.07, 6.45) is 3.13. The molecule has 0 aliphatic rings.